The van der Waals surface area contributed by atoms with Crippen LogP contribution in [0.3, 0.4) is 0 Å². The molecular weight excluding hydrogens is 305 g/mol. The lowest BCUT2D eigenvalue weighted by molar-refractivity contribution is -0.148. The zero-order chi connectivity index (χ0) is 15.8. The molecule has 1 aromatic carbocycles. The van der Waals surface area contributed by atoms with Gasteiger partial charge in [-0.3, -0.25) is 9.88 Å². The first-order valence-electron chi connectivity index (χ1n) is 7.09. The summed E-state index contributed by atoms with van der Waals surface area (Å²) in [5.74, 6) is 0.579. The quantitative estimate of drug-likeness (QED) is 0.587. The van der Waals surface area contributed by atoms with Gasteiger partial charge in [0.1, 0.15) is 11.8 Å². The molecule has 3 atom stereocenters. The van der Waals surface area contributed by atoms with Crippen LogP contribution >= 0.6 is 6.85 Å². The van der Waals surface area contributed by atoms with Crippen molar-refractivity contribution in [1.82, 2.24) is 5.09 Å². The highest BCUT2D eigenvalue weighted by atomic mass is 32.4. The Morgan fingerprint density at radius 1 is 1.24 bits per heavy atom. The number of nitrogens with one attached hydrogen (secondary N) is 1. The molecule has 1 rings (SSSR count). The number of ether oxygens (including phenoxy) is 2. The molecule has 0 aromatic heterocycles. The highest BCUT2D eigenvalue weighted by molar-refractivity contribution is 8.04. The van der Waals surface area contributed by atoms with E-state index in [1.54, 1.807) is 6.92 Å². The summed E-state index contributed by atoms with van der Waals surface area (Å²) >= 11 is 5.49. The van der Waals surface area contributed by atoms with E-state index in [9.17, 15) is 4.79 Å². The first-order valence-corrected chi connectivity index (χ1v) is 9.80. The number of carbonyl (C=O) groups excluding carboxylic acids is 1. The van der Waals surface area contributed by atoms with Crippen LogP contribution in [0.15, 0.2) is 30.3 Å². The Balaban J connectivity index is 2.38. The van der Waals surface area contributed by atoms with Gasteiger partial charge in [0.25, 0.3) is 0 Å². The molecule has 0 saturated heterocycles. The van der Waals surface area contributed by atoms with Crippen LogP contribution in [-0.2, 0) is 21.3 Å². The fourth-order valence-corrected chi connectivity index (χ4v) is 3.36. The Labute approximate surface area is 132 Å². The number of rotatable bonds is 8. The minimum Gasteiger partial charge on any atom is -0.493 e. The minimum atomic E-state index is -1.31. The van der Waals surface area contributed by atoms with Crippen LogP contribution in [0.25, 0.3) is 0 Å². The van der Waals surface area contributed by atoms with E-state index in [0.717, 1.165) is 5.75 Å². The van der Waals surface area contributed by atoms with E-state index in [2.05, 4.69) is 5.09 Å². The van der Waals surface area contributed by atoms with E-state index < -0.39 is 6.85 Å². The van der Waals surface area contributed by atoms with Gasteiger partial charge < -0.3 is 9.47 Å². The first kappa shape index (κ1) is 18.1. The third-order valence-electron chi connectivity index (χ3n) is 2.75. The molecule has 21 heavy (non-hydrogen) atoms. The number of para-hydroxylation sites is 1. The number of esters is 1. The maximum atomic E-state index is 11.7. The minimum absolute atomic E-state index is 0.110. The fraction of sp³-hybridized carbons (Fsp3) is 0.533. The third kappa shape index (κ3) is 7.07. The monoisotopic (exact) mass is 329 g/mol. The zero-order valence-corrected chi connectivity index (χ0v) is 14.8. The molecule has 0 bridgehead atoms. The molecule has 0 aliphatic rings. The molecule has 6 heteroatoms. The number of benzene rings is 1. The highest BCUT2D eigenvalue weighted by Gasteiger charge is 2.18. The fourth-order valence-electron chi connectivity index (χ4n) is 1.56. The number of carbonyl (C=O) groups is 1. The van der Waals surface area contributed by atoms with Crippen LogP contribution in [0.5, 0.6) is 5.75 Å². The molecule has 0 fully saturated rings. The van der Waals surface area contributed by atoms with Gasteiger partial charge in [-0.15, -0.1) is 0 Å². The van der Waals surface area contributed by atoms with Gasteiger partial charge in [0.2, 0.25) is 0 Å². The molecule has 0 aliphatic carbocycles. The molecule has 4 nitrogen and oxygen atoms in total. The van der Waals surface area contributed by atoms with Gasteiger partial charge in [-0.1, -0.05) is 36.9 Å². The van der Waals surface area contributed by atoms with E-state index in [4.69, 9.17) is 21.3 Å². The van der Waals surface area contributed by atoms with Gasteiger partial charge in [0.05, 0.1) is 12.7 Å². The summed E-state index contributed by atoms with van der Waals surface area (Å²) in [5.41, 5.74) is 0.194. The van der Waals surface area contributed by atoms with E-state index in [1.165, 1.54) is 0 Å². The van der Waals surface area contributed by atoms with Crippen molar-refractivity contribution < 1.29 is 14.3 Å². The van der Waals surface area contributed by atoms with Crippen molar-refractivity contribution in [3.8, 4) is 5.75 Å². The molecular formula is C15H24NO3PS. The van der Waals surface area contributed by atoms with Crippen molar-refractivity contribution in [2.24, 2.45) is 0 Å². The van der Waals surface area contributed by atoms with Gasteiger partial charge in [0.15, 0.2) is 0 Å². The molecule has 0 radical (unpaired) electrons. The van der Waals surface area contributed by atoms with Crippen LogP contribution in [0.1, 0.15) is 27.7 Å². The maximum absolute atomic E-state index is 11.7. The van der Waals surface area contributed by atoms with Crippen LogP contribution < -0.4 is 9.82 Å². The van der Waals surface area contributed by atoms with Crippen LogP contribution in [-0.4, -0.2) is 30.4 Å². The van der Waals surface area contributed by atoms with Gasteiger partial charge in [-0.2, -0.15) is 0 Å². The van der Waals surface area contributed by atoms with E-state index >= 15 is 0 Å². The van der Waals surface area contributed by atoms with Crippen molar-refractivity contribution >= 4 is 24.6 Å². The van der Waals surface area contributed by atoms with Gasteiger partial charge in [-0.05, 0) is 32.9 Å². The second-order valence-electron chi connectivity index (χ2n) is 5.24. The molecule has 118 valence electrons. The van der Waals surface area contributed by atoms with Crippen LogP contribution in [0, 0.1) is 0 Å². The standard InChI is InChI=1S/C15H24NO3PS/c1-11(2)19-15(17)13(4)16-20(21)12(3)10-18-14-8-6-5-7-9-14/h5-9,11-13,20H,10H2,1-4H3,(H,16,21)/t12?,13-/m1/s1. The first-order chi connectivity index (χ1) is 9.90. The molecule has 0 saturated carbocycles. The zero-order valence-electron chi connectivity index (χ0n) is 13.0. The normalized spacial score (nSPS) is 15.3. The summed E-state index contributed by atoms with van der Waals surface area (Å²) in [4.78, 5) is 11.7. The second-order valence-corrected chi connectivity index (χ2v) is 8.56. The molecule has 1 N–H and O–H groups in total. The van der Waals surface area contributed by atoms with E-state index in [1.807, 2.05) is 51.1 Å². The summed E-state index contributed by atoms with van der Waals surface area (Å²) in [6, 6.07) is 9.26. The van der Waals surface area contributed by atoms with E-state index in [0.29, 0.717) is 6.61 Å². The smallest absolute Gasteiger partial charge is 0.323 e. The van der Waals surface area contributed by atoms with Crippen molar-refractivity contribution in [3.05, 3.63) is 30.3 Å². The summed E-state index contributed by atoms with van der Waals surface area (Å²) < 4.78 is 10.9. The van der Waals surface area contributed by atoms with Crippen molar-refractivity contribution in [2.45, 2.75) is 45.5 Å². The summed E-state index contributed by atoms with van der Waals surface area (Å²) in [7, 11) is 0. The lowest BCUT2D eigenvalue weighted by Gasteiger charge is -2.20. The summed E-state index contributed by atoms with van der Waals surface area (Å²) in [6.07, 6.45) is -0.110. The average Bonchev–Trinajstić information content (AvgIpc) is 2.44. The Kier molecular flexibility index (Phi) is 7.94. The topological polar surface area (TPSA) is 47.6 Å². The lowest BCUT2D eigenvalue weighted by Crippen LogP contribution is -2.34. The van der Waals surface area contributed by atoms with E-state index in [-0.39, 0.29) is 23.8 Å². The van der Waals surface area contributed by atoms with Gasteiger partial charge in [0, 0.05) is 12.5 Å². The Hall–Kier alpha value is -0.900. The number of hydrogen-bond donors (Lipinski definition) is 1. The lowest BCUT2D eigenvalue weighted by atomic mass is 10.3. The molecule has 0 aliphatic heterocycles. The molecule has 1 aromatic rings. The SMILES string of the molecule is CC(C)OC(=O)[C@@H](C)N[PH](=S)C(C)COc1ccccc1. The molecule has 0 heterocycles. The number of hydrogen-bond acceptors (Lipinski definition) is 4. The summed E-state index contributed by atoms with van der Waals surface area (Å²) in [5, 5.41) is 3.18. The average molecular weight is 329 g/mol. The van der Waals surface area contributed by atoms with Crippen molar-refractivity contribution in [3.63, 3.8) is 0 Å². The maximum Gasteiger partial charge on any atom is 0.323 e. The second kappa shape index (κ2) is 9.19. The van der Waals surface area contributed by atoms with Crippen LogP contribution in [0.4, 0.5) is 0 Å². The Bertz CT molecular complexity index is 467. The van der Waals surface area contributed by atoms with Gasteiger partial charge >= 0.3 is 5.97 Å². The van der Waals surface area contributed by atoms with Gasteiger partial charge in [-0.25, -0.2) is 0 Å². The Morgan fingerprint density at radius 2 is 1.86 bits per heavy atom. The summed E-state index contributed by atoms with van der Waals surface area (Å²) in [6.45, 7) is 6.73. The predicted octanol–water partition coefficient (Wildman–Crippen LogP) is 2.97. The van der Waals surface area contributed by atoms with Crippen molar-refractivity contribution in [1.29, 1.82) is 0 Å². The van der Waals surface area contributed by atoms with Crippen molar-refractivity contribution in [2.75, 3.05) is 6.61 Å². The molecule has 0 spiro atoms. The third-order valence-corrected chi connectivity index (χ3v) is 6.09. The molecule has 2 unspecified atom stereocenters. The predicted molar refractivity (Wildman–Crippen MR) is 90.9 cm³/mol. The van der Waals surface area contributed by atoms with Crippen LogP contribution in [0.2, 0.25) is 0 Å². The Morgan fingerprint density at radius 3 is 2.43 bits per heavy atom. The molecule has 0 amide bonds. The highest BCUT2D eigenvalue weighted by Crippen LogP contribution is 2.25. The largest absolute Gasteiger partial charge is 0.493 e.